The minimum atomic E-state index is -1.83. The van der Waals surface area contributed by atoms with Crippen molar-refractivity contribution in [3.63, 3.8) is 0 Å². The number of aliphatic hydroxyl groups is 1. The average molecular weight is 398 g/mol. The molecule has 5 heteroatoms. The summed E-state index contributed by atoms with van der Waals surface area (Å²) in [7, 11) is 5.48. The van der Waals surface area contributed by atoms with Gasteiger partial charge in [0.15, 0.2) is 11.4 Å². The predicted molar refractivity (Wildman–Crippen MR) is 113 cm³/mol. The number of nitrogens with zero attached hydrogens (tertiary/aromatic N) is 1. The second-order valence-electron chi connectivity index (χ2n) is 9.08. The van der Waals surface area contributed by atoms with Gasteiger partial charge in [0.05, 0.1) is 21.1 Å². The molecule has 1 N–H and O–H groups in total. The standard InChI is InChI=1S/C23H43NO4/c1-5-6-7-8-9-10-11-12-13-14-15-16-17-18-21(25)23(28,19-22(26)27)20-24(2,3)4/h10-11,28H,5-9,12-20H2,1-4H3/b11-10-. The fourth-order valence-corrected chi connectivity index (χ4v) is 3.50. The van der Waals surface area contributed by atoms with Crippen LogP contribution in [0.2, 0.25) is 0 Å². The van der Waals surface area contributed by atoms with Crippen LogP contribution < -0.4 is 5.11 Å². The maximum Gasteiger partial charge on any atom is 0.177 e. The summed E-state index contributed by atoms with van der Waals surface area (Å²) >= 11 is 0. The lowest BCUT2D eigenvalue weighted by atomic mass is 9.89. The number of carbonyl (C=O) groups excluding carboxylic acids is 2. The smallest absolute Gasteiger partial charge is 0.177 e. The molecule has 5 nitrogen and oxygen atoms in total. The number of allylic oxidation sites excluding steroid dienone is 2. The van der Waals surface area contributed by atoms with Gasteiger partial charge in [-0.3, -0.25) is 4.79 Å². The molecule has 1 unspecified atom stereocenters. The van der Waals surface area contributed by atoms with Gasteiger partial charge in [-0.1, -0.05) is 57.6 Å². The number of hydrogen-bond acceptors (Lipinski definition) is 4. The van der Waals surface area contributed by atoms with Gasteiger partial charge in [0.25, 0.3) is 0 Å². The monoisotopic (exact) mass is 397 g/mol. The van der Waals surface area contributed by atoms with Crippen LogP contribution in [0.5, 0.6) is 0 Å². The minimum Gasteiger partial charge on any atom is -0.550 e. The van der Waals surface area contributed by atoms with Crippen molar-refractivity contribution < 1.29 is 24.3 Å². The third kappa shape index (κ3) is 14.8. The van der Waals surface area contributed by atoms with Crippen molar-refractivity contribution in [1.82, 2.24) is 0 Å². The number of likely N-dealkylation sites (N-methyl/N-ethyl adjacent to an activating group) is 1. The molecule has 0 aromatic heterocycles. The van der Waals surface area contributed by atoms with Crippen LogP contribution in [0.1, 0.15) is 90.4 Å². The summed E-state index contributed by atoms with van der Waals surface area (Å²) in [5.74, 6) is -1.77. The first kappa shape index (κ1) is 26.8. The van der Waals surface area contributed by atoms with Crippen LogP contribution in [0, 0.1) is 0 Å². The summed E-state index contributed by atoms with van der Waals surface area (Å²) in [6, 6.07) is 0. The number of unbranched alkanes of at least 4 members (excludes halogenated alkanes) is 9. The molecule has 0 fully saturated rings. The Bertz CT molecular complexity index is 468. The minimum absolute atomic E-state index is 0.0740. The highest BCUT2D eigenvalue weighted by atomic mass is 16.4. The van der Waals surface area contributed by atoms with E-state index in [4.69, 9.17) is 0 Å². The van der Waals surface area contributed by atoms with E-state index in [0.29, 0.717) is 10.9 Å². The van der Waals surface area contributed by atoms with Crippen molar-refractivity contribution in [3.8, 4) is 0 Å². The number of aliphatic carboxylic acids is 1. The number of carboxylic acids is 1. The number of carboxylic acid groups (broad SMARTS) is 1. The Hall–Kier alpha value is -1.20. The maximum absolute atomic E-state index is 12.4. The first-order chi connectivity index (χ1) is 13.1. The molecule has 0 amide bonds. The van der Waals surface area contributed by atoms with Gasteiger partial charge < -0.3 is 19.5 Å². The van der Waals surface area contributed by atoms with E-state index in [0.717, 1.165) is 32.1 Å². The molecule has 0 aromatic carbocycles. The Morgan fingerprint density at radius 1 is 0.893 bits per heavy atom. The van der Waals surface area contributed by atoms with E-state index in [1.54, 1.807) is 0 Å². The van der Waals surface area contributed by atoms with Gasteiger partial charge in [0.1, 0.15) is 6.54 Å². The third-order valence-corrected chi connectivity index (χ3v) is 4.86. The van der Waals surface area contributed by atoms with Crippen LogP contribution in [0.15, 0.2) is 12.2 Å². The molecule has 1 atom stereocenters. The Labute approximate surface area is 172 Å². The topological polar surface area (TPSA) is 77.4 Å². The SMILES string of the molecule is CCCCCC/C=C\CCCCCCCC(=O)C(O)(CC(=O)[O-])C[N+](C)(C)C. The van der Waals surface area contributed by atoms with Crippen LogP contribution >= 0.6 is 0 Å². The number of hydrogen-bond donors (Lipinski definition) is 1. The fourth-order valence-electron chi connectivity index (χ4n) is 3.50. The van der Waals surface area contributed by atoms with E-state index < -0.39 is 18.0 Å². The molecule has 0 spiro atoms. The van der Waals surface area contributed by atoms with E-state index in [1.807, 2.05) is 21.1 Å². The second-order valence-corrected chi connectivity index (χ2v) is 9.08. The van der Waals surface area contributed by atoms with Gasteiger partial charge >= 0.3 is 0 Å². The van der Waals surface area contributed by atoms with E-state index in [2.05, 4.69) is 19.1 Å². The molecule has 0 aliphatic heterocycles. The highest BCUT2D eigenvalue weighted by molar-refractivity contribution is 5.90. The molecule has 164 valence electrons. The average Bonchev–Trinajstić information content (AvgIpc) is 2.56. The maximum atomic E-state index is 12.4. The van der Waals surface area contributed by atoms with Gasteiger partial charge in [0.2, 0.25) is 0 Å². The molecule has 0 radical (unpaired) electrons. The lowest BCUT2D eigenvalue weighted by Crippen LogP contribution is -2.56. The summed E-state index contributed by atoms with van der Waals surface area (Å²) in [4.78, 5) is 23.4. The summed E-state index contributed by atoms with van der Waals surface area (Å²) in [6.45, 7) is 2.30. The molecular weight excluding hydrogens is 354 g/mol. The second kappa shape index (κ2) is 14.7. The highest BCUT2D eigenvalue weighted by Crippen LogP contribution is 2.19. The lowest BCUT2D eigenvalue weighted by Gasteiger charge is -2.34. The number of quaternary nitrogens is 1. The van der Waals surface area contributed by atoms with Crippen molar-refractivity contribution in [1.29, 1.82) is 0 Å². The van der Waals surface area contributed by atoms with E-state index >= 15 is 0 Å². The molecule has 28 heavy (non-hydrogen) atoms. The lowest BCUT2D eigenvalue weighted by molar-refractivity contribution is -0.875. The Balaban J connectivity index is 3.94. The van der Waals surface area contributed by atoms with Crippen molar-refractivity contribution in [2.45, 2.75) is 96.0 Å². The normalized spacial score (nSPS) is 14.3. The van der Waals surface area contributed by atoms with Gasteiger partial charge in [-0.25, -0.2) is 0 Å². The van der Waals surface area contributed by atoms with Crippen molar-refractivity contribution in [3.05, 3.63) is 12.2 Å². The Kier molecular flexibility index (Phi) is 14.1. The molecule has 0 aliphatic rings. The Morgan fingerprint density at radius 3 is 1.89 bits per heavy atom. The van der Waals surface area contributed by atoms with Gasteiger partial charge in [0, 0.05) is 18.8 Å². The quantitative estimate of drug-likeness (QED) is 0.218. The summed E-state index contributed by atoms with van der Waals surface area (Å²) in [5.41, 5.74) is -1.83. The van der Waals surface area contributed by atoms with E-state index in [-0.39, 0.29) is 18.7 Å². The van der Waals surface area contributed by atoms with Crippen LogP contribution in [-0.4, -0.2) is 54.6 Å². The van der Waals surface area contributed by atoms with Crippen molar-refractivity contribution >= 4 is 11.8 Å². The van der Waals surface area contributed by atoms with Gasteiger partial charge in [-0.2, -0.15) is 0 Å². The zero-order chi connectivity index (χ0) is 21.5. The molecular formula is C23H43NO4. The molecule has 0 saturated carbocycles. The first-order valence-electron chi connectivity index (χ1n) is 11.0. The zero-order valence-corrected chi connectivity index (χ0v) is 18.7. The third-order valence-electron chi connectivity index (χ3n) is 4.86. The number of Topliss-reactive ketones (excluding diaryl/α,β-unsaturated/α-hetero) is 1. The van der Waals surface area contributed by atoms with Crippen LogP contribution in [0.4, 0.5) is 0 Å². The largest absolute Gasteiger partial charge is 0.550 e. The molecule has 0 rings (SSSR count). The summed E-state index contributed by atoms with van der Waals surface area (Å²) in [6.07, 6.45) is 16.7. The van der Waals surface area contributed by atoms with Crippen LogP contribution in [0.25, 0.3) is 0 Å². The highest BCUT2D eigenvalue weighted by Gasteiger charge is 2.40. The molecule has 0 bridgehead atoms. The van der Waals surface area contributed by atoms with Crippen LogP contribution in [0.3, 0.4) is 0 Å². The number of rotatable bonds is 18. The molecule has 0 aromatic rings. The molecule has 0 saturated heterocycles. The summed E-state index contributed by atoms with van der Waals surface area (Å²) < 4.78 is 0.321. The van der Waals surface area contributed by atoms with Gasteiger partial charge in [-0.15, -0.1) is 0 Å². The van der Waals surface area contributed by atoms with E-state index in [9.17, 15) is 19.8 Å². The van der Waals surface area contributed by atoms with Crippen molar-refractivity contribution in [2.24, 2.45) is 0 Å². The molecule has 0 heterocycles. The van der Waals surface area contributed by atoms with E-state index in [1.165, 1.54) is 32.1 Å². The predicted octanol–water partition coefficient (Wildman–Crippen LogP) is 3.39. The fraction of sp³-hybridized carbons (Fsp3) is 0.826. The number of carbonyl (C=O) groups is 2. The van der Waals surface area contributed by atoms with Gasteiger partial charge in [-0.05, 0) is 32.1 Å². The zero-order valence-electron chi connectivity index (χ0n) is 18.7. The van der Waals surface area contributed by atoms with Crippen LogP contribution in [-0.2, 0) is 9.59 Å². The Morgan fingerprint density at radius 2 is 1.39 bits per heavy atom. The molecule has 0 aliphatic carbocycles. The first-order valence-corrected chi connectivity index (χ1v) is 11.0. The van der Waals surface area contributed by atoms with Crippen molar-refractivity contribution in [2.75, 3.05) is 27.7 Å². The summed E-state index contributed by atoms with van der Waals surface area (Å²) in [5, 5.41) is 21.5. The number of ketones is 1.